The molecule has 2 amide bonds. The van der Waals surface area contributed by atoms with Gasteiger partial charge in [0.25, 0.3) is 0 Å². The van der Waals surface area contributed by atoms with Crippen molar-refractivity contribution in [2.24, 2.45) is 0 Å². The number of fused-ring (bicyclic) bond motifs is 1. The van der Waals surface area contributed by atoms with E-state index >= 15 is 0 Å². The van der Waals surface area contributed by atoms with Crippen LogP contribution in [-0.2, 0) is 0 Å². The topological polar surface area (TPSA) is 57.5 Å². The van der Waals surface area contributed by atoms with E-state index in [0.29, 0.717) is 0 Å². The van der Waals surface area contributed by atoms with Crippen LogP contribution in [0.5, 0.6) is 0 Å². The van der Waals surface area contributed by atoms with Crippen LogP contribution >= 0.6 is 0 Å². The first kappa shape index (κ1) is 17.4. The van der Waals surface area contributed by atoms with Crippen molar-refractivity contribution in [1.82, 2.24) is 15.5 Å². The van der Waals surface area contributed by atoms with Gasteiger partial charge in [0.2, 0.25) is 0 Å². The molecule has 1 saturated carbocycles. The van der Waals surface area contributed by atoms with Crippen molar-refractivity contribution >= 4 is 17.0 Å². The number of nitrogens with zero attached hydrogens (tertiary/aromatic N) is 1. The fourth-order valence-electron chi connectivity index (χ4n) is 4.39. The van der Waals surface area contributed by atoms with Gasteiger partial charge in [0.15, 0.2) is 0 Å². The highest BCUT2D eigenvalue weighted by Gasteiger charge is 2.27. The molecule has 2 aromatic rings. The van der Waals surface area contributed by atoms with Gasteiger partial charge in [0, 0.05) is 30.6 Å². The highest BCUT2D eigenvalue weighted by molar-refractivity contribution is 5.78. The summed E-state index contributed by atoms with van der Waals surface area (Å²) in [6, 6.07) is 10.7. The molecule has 1 aliphatic carbocycles. The van der Waals surface area contributed by atoms with E-state index in [9.17, 15) is 4.79 Å². The van der Waals surface area contributed by atoms with Crippen LogP contribution in [0.1, 0.15) is 57.3 Å². The second-order valence-electron chi connectivity index (χ2n) is 7.77. The van der Waals surface area contributed by atoms with Gasteiger partial charge in [-0.3, -0.25) is 0 Å². The van der Waals surface area contributed by atoms with Crippen LogP contribution in [-0.4, -0.2) is 36.1 Å². The monoisotopic (exact) mass is 355 g/mol. The minimum absolute atomic E-state index is 0.0997. The number of urea groups is 1. The number of carbonyl (C=O) groups is 1. The Morgan fingerprint density at radius 1 is 1.15 bits per heavy atom. The van der Waals surface area contributed by atoms with Gasteiger partial charge in [-0.15, -0.1) is 0 Å². The largest absolute Gasteiger partial charge is 0.459 e. The highest BCUT2D eigenvalue weighted by atomic mass is 16.3. The molecular formula is C21H29N3O2. The molecule has 2 aliphatic rings. The standard InChI is InChI=1S/C21H29N3O2/c1-15(20-14-16-6-2-5-9-19(16)26-20)22-21(25)23-17-10-12-24(13-11-17)18-7-3-4-8-18/h2,5-6,9,14-15,17-18H,3-4,7-8,10-13H2,1H3,(H2,22,23,25)/t15-/m1/s1. The van der Waals surface area contributed by atoms with Crippen molar-refractivity contribution in [2.75, 3.05) is 13.1 Å². The zero-order valence-corrected chi connectivity index (χ0v) is 15.5. The summed E-state index contributed by atoms with van der Waals surface area (Å²) in [5.74, 6) is 0.789. The molecule has 1 aromatic carbocycles. The molecule has 0 bridgehead atoms. The molecular weight excluding hydrogens is 326 g/mol. The van der Waals surface area contributed by atoms with Crippen molar-refractivity contribution < 1.29 is 9.21 Å². The maximum Gasteiger partial charge on any atom is 0.315 e. The molecule has 0 unspecified atom stereocenters. The summed E-state index contributed by atoms with van der Waals surface area (Å²) in [6.07, 6.45) is 7.56. The third kappa shape index (κ3) is 3.88. The van der Waals surface area contributed by atoms with Crippen molar-refractivity contribution in [1.29, 1.82) is 0 Å². The quantitative estimate of drug-likeness (QED) is 0.864. The summed E-state index contributed by atoms with van der Waals surface area (Å²) in [5, 5.41) is 7.22. The smallest absolute Gasteiger partial charge is 0.315 e. The number of hydrogen-bond donors (Lipinski definition) is 2. The van der Waals surface area contributed by atoms with E-state index in [1.165, 1.54) is 25.7 Å². The summed E-state index contributed by atoms with van der Waals surface area (Å²) in [6.45, 7) is 4.17. The lowest BCUT2D eigenvalue weighted by Gasteiger charge is -2.36. The number of benzene rings is 1. The Morgan fingerprint density at radius 3 is 2.62 bits per heavy atom. The summed E-state index contributed by atoms with van der Waals surface area (Å²) >= 11 is 0. The van der Waals surface area contributed by atoms with Crippen LogP contribution in [0.2, 0.25) is 0 Å². The molecule has 5 heteroatoms. The number of furan rings is 1. The van der Waals surface area contributed by atoms with Crippen LogP contribution in [0.25, 0.3) is 11.0 Å². The van der Waals surface area contributed by atoms with E-state index in [1.54, 1.807) is 0 Å². The van der Waals surface area contributed by atoms with E-state index in [-0.39, 0.29) is 18.1 Å². The Hall–Kier alpha value is -2.01. The van der Waals surface area contributed by atoms with E-state index in [0.717, 1.165) is 48.7 Å². The number of nitrogens with one attached hydrogen (secondary N) is 2. The maximum atomic E-state index is 12.4. The molecule has 1 aromatic heterocycles. The fourth-order valence-corrected chi connectivity index (χ4v) is 4.39. The SMILES string of the molecule is C[C@@H](NC(=O)NC1CCN(C2CCCC2)CC1)c1cc2ccccc2o1. The molecule has 2 N–H and O–H groups in total. The lowest BCUT2D eigenvalue weighted by molar-refractivity contribution is 0.145. The average molecular weight is 355 g/mol. The number of carbonyl (C=O) groups excluding carboxylic acids is 1. The normalized spacial score (nSPS) is 21.1. The third-order valence-electron chi connectivity index (χ3n) is 5.92. The first-order valence-electron chi connectivity index (χ1n) is 9.98. The van der Waals surface area contributed by atoms with E-state index < -0.39 is 0 Å². The molecule has 2 heterocycles. The number of hydrogen-bond acceptors (Lipinski definition) is 3. The minimum atomic E-state index is -0.152. The van der Waals surface area contributed by atoms with E-state index in [2.05, 4.69) is 15.5 Å². The third-order valence-corrected chi connectivity index (χ3v) is 5.92. The zero-order valence-electron chi connectivity index (χ0n) is 15.5. The Labute approximate surface area is 155 Å². The van der Waals surface area contributed by atoms with Gasteiger partial charge in [-0.2, -0.15) is 0 Å². The summed E-state index contributed by atoms with van der Waals surface area (Å²) in [7, 11) is 0. The van der Waals surface area contributed by atoms with Gasteiger partial charge >= 0.3 is 6.03 Å². The summed E-state index contributed by atoms with van der Waals surface area (Å²) < 4.78 is 5.84. The second-order valence-corrected chi connectivity index (χ2v) is 7.77. The number of amides is 2. The molecule has 0 radical (unpaired) electrons. The van der Waals surface area contributed by atoms with Gasteiger partial charge in [0.05, 0.1) is 6.04 Å². The molecule has 4 rings (SSSR count). The molecule has 2 fully saturated rings. The number of rotatable bonds is 4. The van der Waals surface area contributed by atoms with Crippen LogP contribution in [0.15, 0.2) is 34.7 Å². The number of likely N-dealkylation sites (tertiary alicyclic amines) is 1. The molecule has 26 heavy (non-hydrogen) atoms. The Bertz CT molecular complexity index is 710. The minimum Gasteiger partial charge on any atom is -0.459 e. The molecule has 5 nitrogen and oxygen atoms in total. The molecule has 0 spiro atoms. The van der Waals surface area contributed by atoms with Crippen molar-refractivity contribution in [3.05, 3.63) is 36.1 Å². The molecule has 140 valence electrons. The number of para-hydroxylation sites is 1. The lowest BCUT2D eigenvalue weighted by Crippen LogP contribution is -2.49. The van der Waals surface area contributed by atoms with Gasteiger partial charge in [-0.25, -0.2) is 4.79 Å². The van der Waals surface area contributed by atoms with Crippen LogP contribution in [0.4, 0.5) is 4.79 Å². The van der Waals surface area contributed by atoms with E-state index in [4.69, 9.17) is 4.42 Å². The van der Waals surface area contributed by atoms with Crippen LogP contribution < -0.4 is 10.6 Å². The summed E-state index contributed by atoms with van der Waals surface area (Å²) in [4.78, 5) is 15.0. The predicted molar refractivity (Wildman–Crippen MR) is 103 cm³/mol. The number of piperidine rings is 1. The van der Waals surface area contributed by atoms with Gasteiger partial charge in [0.1, 0.15) is 11.3 Å². The predicted octanol–water partition coefficient (Wildman–Crippen LogP) is 4.20. The second kappa shape index (κ2) is 7.70. The van der Waals surface area contributed by atoms with Crippen LogP contribution in [0, 0.1) is 0 Å². The van der Waals surface area contributed by atoms with Gasteiger partial charge in [-0.05, 0) is 44.7 Å². The highest BCUT2D eigenvalue weighted by Crippen LogP contribution is 2.26. The lowest BCUT2D eigenvalue weighted by atomic mass is 10.0. The summed E-state index contributed by atoms with van der Waals surface area (Å²) in [5.41, 5.74) is 0.857. The van der Waals surface area contributed by atoms with Crippen molar-refractivity contribution in [3.63, 3.8) is 0 Å². The van der Waals surface area contributed by atoms with Gasteiger partial charge in [-0.1, -0.05) is 31.0 Å². The molecule has 1 saturated heterocycles. The zero-order chi connectivity index (χ0) is 17.9. The Kier molecular flexibility index (Phi) is 5.16. The average Bonchev–Trinajstić information content (AvgIpc) is 3.32. The molecule has 1 aliphatic heterocycles. The van der Waals surface area contributed by atoms with Crippen LogP contribution in [0.3, 0.4) is 0 Å². The fraction of sp³-hybridized carbons (Fsp3) is 0.571. The first-order chi connectivity index (χ1) is 12.7. The first-order valence-corrected chi connectivity index (χ1v) is 9.98. The molecule has 1 atom stereocenters. The Morgan fingerprint density at radius 2 is 1.88 bits per heavy atom. The van der Waals surface area contributed by atoms with Gasteiger partial charge < -0.3 is 20.0 Å². The van der Waals surface area contributed by atoms with Crippen molar-refractivity contribution in [2.45, 2.75) is 63.6 Å². The maximum absolute atomic E-state index is 12.4. The van der Waals surface area contributed by atoms with Crippen molar-refractivity contribution in [3.8, 4) is 0 Å². The van der Waals surface area contributed by atoms with E-state index in [1.807, 2.05) is 37.3 Å². The Balaban J connectivity index is 1.26.